The van der Waals surface area contributed by atoms with Crippen LogP contribution in [0.3, 0.4) is 0 Å². The van der Waals surface area contributed by atoms with Crippen LogP contribution in [0.4, 0.5) is 5.82 Å². The van der Waals surface area contributed by atoms with Gasteiger partial charge < -0.3 is 25.1 Å². The van der Waals surface area contributed by atoms with Crippen molar-refractivity contribution >= 4 is 35.4 Å². The third kappa shape index (κ3) is 5.59. The maximum absolute atomic E-state index is 13.0. The summed E-state index contributed by atoms with van der Waals surface area (Å²) >= 11 is 4.84. The number of ether oxygens (including phenoxy) is 2. The number of hydrogen-bond acceptors (Lipinski definition) is 8. The zero-order chi connectivity index (χ0) is 27.2. The van der Waals surface area contributed by atoms with Gasteiger partial charge in [-0.2, -0.15) is 17.9 Å². The molecule has 0 saturated heterocycles. The number of methoxy groups -OCH3 is 1. The van der Waals surface area contributed by atoms with Crippen LogP contribution >= 0.6 is 12.6 Å². The van der Waals surface area contributed by atoms with Crippen molar-refractivity contribution in [3.8, 4) is 28.7 Å². The minimum atomic E-state index is -1.07. The Morgan fingerprint density at radius 3 is 2.45 bits per heavy atom. The van der Waals surface area contributed by atoms with E-state index >= 15 is 0 Å². The first kappa shape index (κ1) is 27.0. The average molecular weight is 531 g/mol. The van der Waals surface area contributed by atoms with E-state index in [0.717, 1.165) is 11.3 Å². The molecular weight excluding hydrogens is 500 g/mol. The first-order valence-corrected chi connectivity index (χ1v) is 12.7. The Hall–Kier alpha value is -4.07. The van der Waals surface area contributed by atoms with E-state index in [1.54, 1.807) is 7.11 Å². The smallest absolute Gasteiger partial charge is 0.239 e. The number of fused-ring (bicyclic) bond motifs is 1. The summed E-state index contributed by atoms with van der Waals surface area (Å²) in [5.74, 6) is 0.191. The lowest BCUT2D eigenvalue weighted by atomic mass is 9.95. The molecule has 0 aliphatic rings. The summed E-state index contributed by atoms with van der Waals surface area (Å²) < 4.78 is 13.2. The summed E-state index contributed by atoms with van der Waals surface area (Å²) in [5, 5.41) is 12.7. The molecule has 196 valence electrons. The molecule has 2 aromatic heterocycles. The number of carbonyl (C=O) groups excluding carboxylic acids is 1. The minimum Gasteiger partial charge on any atom is -0.457 e. The molecule has 0 fully saturated rings. The highest BCUT2D eigenvalue weighted by Gasteiger charge is 2.34. The normalized spacial score (nSPS) is 12.7. The average Bonchev–Trinajstić information content (AvgIpc) is 3.24. The Kier molecular flexibility index (Phi) is 8.51. The topological polar surface area (TPSA) is 128 Å². The lowest BCUT2D eigenvalue weighted by Crippen LogP contribution is -2.37. The van der Waals surface area contributed by atoms with Gasteiger partial charge in [0.2, 0.25) is 5.91 Å². The Morgan fingerprint density at radius 1 is 1.13 bits per heavy atom. The fraction of sp³-hybridized carbons (Fsp3) is 0.286. The maximum Gasteiger partial charge on any atom is 0.239 e. The zero-order valence-corrected chi connectivity index (χ0v) is 22.4. The second-order valence-electron chi connectivity index (χ2n) is 9.02. The number of nitrogens with two attached hydrogens (primary N) is 1. The molecule has 1 amide bonds. The number of rotatable bonds is 10. The highest BCUT2D eigenvalue weighted by atomic mass is 32.1. The number of nitrogens with zero attached hydrogens (tertiary/aromatic N) is 4. The molecule has 0 saturated carbocycles. The van der Waals surface area contributed by atoms with Gasteiger partial charge >= 0.3 is 0 Å². The van der Waals surface area contributed by atoms with Crippen molar-refractivity contribution in [1.82, 2.24) is 19.9 Å². The first-order valence-electron chi connectivity index (χ1n) is 12.2. The molecule has 9 nitrogen and oxygen atoms in total. The number of aromatic nitrogens is 3. The zero-order valence-electron chi connectivity index (χ0n) is 21.5. The number of benzene rings is 2. The van der Waals surface area contributed by atoms with Crippen molar-refractivity contribution in [2.45, 2.75) is 31.7 Å². The number of nitriles is 1. The van der Waals surface area contributed by atoms with E-state index in [0.29, 0.717) is 41.2 Å². The number of para-hydroxylation sites is 1. The summed E-state index contributed by atoms with van der Waals surface area (Å²) in [7, 11) is 1.60. The molecule has 2 heterocycles. The number of carbonyl (C=O) groups is 1. The molecule has 0 aliphatic carbocycles. The fourth-order valence-electron chi connectivity index (χ4n) is 4.34. The summed E-state index contributed by atoms with van der Waals surface area (Å²) in [4.78, 5) is 21.7. The molecule has 4 rings (SSSR count). The van der Waals surface area contributed by atoms with E-state index in [2.05, 4.69) is 21.4 Å². The van der Waals surface area contributed by atoms with Gasteiger partial charge in [0.1, 0.15) is 35.2 Å². The van der Waals surface area contributed by atoms with Crippen LogP contribution in [0.15, 0.2) is 60.9 Å². The Bertz CT molecular complexity index is 1450. The van der Waals surface area contributed by atoms with Gasteiger partial charge in [0, 0.05) is 31.0 Å². The van der Waals surface area contributed by atoms with E-state index in [-0.39, 0.29) is 11.9 Å². The summed E-state index contributed by atoms with van der Waals surface area (Å²) in [6.07, 6.45) is 1.39. The predicted octanol–water partition coefficient (Wildman–Crippen LogP) is 4.75. The second-order valence-corrected chi connectivity index (χ2v) is 9.57. The van der Waals surface area contributed by atoms with Crippen LogP contribution in [-0.2, 0) is 16.1 Å². The van der Waals surface area contributed by atoms with Gasteiger partial charge in [0.05, 0.1) is 23.3 Å². The SMILES string of the molecule is COCCn1c(C(S)[C@@H](C#N)C(=O)NC(C)C)c(-c2ccc(Oc3ccccc3)cc2)c2c(N)ncnc21. The minimum absolute atomic E-state index is 0.128. The maximum atomic E-state index is 13.0. The third-order valence-corrected chi connectivity index (χ3v) is 6.54. The highest BCUT2D eigenvalue weighted by molar-refractivity contribution is 7.80. The summed E-state index contributed by atoms with van der Waals surface area (Å²) in [6.45, 7) is 4.47. The molecule has 10 heteroatoms. The molecule has 1 unspecified atom stereocenters. The number of hydrogen-bond donors (Lipinski definition) is 3. The molecule has 0 spiro atoms. The largest absolute Gasteiger partial charge is 0.457 e. The number of nitrogen functional groups attached to an aromatic ring is 1. The Morgan fingerprint density at radius 2 is 1.82 bits per heavy atom. The number of amides is 1. The van der Waals surface area contributed by atoms with Crippen LogP contribution in [-0.4, -0.2) is 40.2 Å². The highest BCUT2D eigenvalue weighted by Crippen LogP contribution is 2.44. The van der Waals surface area contributed by atoms with Crippen LogP contribution < -0.4 is 15.8 Å². The van der Waals surface area contributed by atoms with Crippen LogP contribution in [0, 0.1) is 17.2 Å². The van der Waals surface area contributed by atoms with Crippen LogP contribution in [0.25, 0.3) is 22.2 Å². The van der Waals surface area contributed by atoms with E-state index in [1.165, 1.54) is 6.33 Å². The molecular formula is C28H30N6O3S. The predicted molar refractivity (Wildman–Crippen MR) is 150 cm³/mol. The van der Waals surface area contributed by atoms with Crippen LogP contribution in [0.1, 0.15) is 24.8 Å². The number of anilines is 1. The van der Waals surface area contributed by atoms with Gasteiger partial charge in [0.15, 0.2) is 0 Å². The van der Waals surface area contributed by atoms with Crippen molar-refractivity contribution in [1.29, 1.82) is 5.26 Å². The Labute approximate surface area is 227 Å². The van der Waals surface area contributed by atoms with Crippen molar-refractivity contribution < 1.29 is 14.3 Å². The Balaban J connectivity index is 1.88. The van der Waals surface area contributed by atoms with E-state index in [1.807, 2.05) is 73.0 Å². The van der Waals surface area contributed by atoms with Gasteiger partial charge in [-0.25, -0.2) is 9.97 Å². The molecule has 2 atom stereocenters. The second kappa shape index (κ2) is 12.0. The van der Waals surface area contributed by atoms with Crippen molar-refractivity contribution in [2.24, 2.45) is 5.92 Å². The monoisotopic (exact) mass is 530 g/mol. The molecule has 38 heavy (non-hydrogen) atoms. The van der Waals surface area contributed by atoms with Gasteiger partial charge in [-0.1, -0.05) is 30.3 Å². The van der Waals surface area contributed by atoms with Gasteiger partial charge in [-0.05, 0) is 43.7 Å². The van der Waals surface area contributed by atoms with Gasteiger partial charge in [-0.3, -0.25) is 4.79 Å². The van der Waals surface area contributed by atoms with E-state index < -0.39 is 17.1 Å². The third-order valence-electron chi connectivity index (χ3n) is 6.00. The lowest BCUT2D eigenvalue weighted by molar-refractivity contribution is -0.123. The fourth-order valence-corrected chi connectivity index (χ4v) is 4.81. The van der Waals surface area contributed by atoms with Crippen LogP contribution in [0.5, 0.6) is 11.5 Å². The standard InChI is InChI=1S/C28H30N6O3S/c1-17(2)33-28(35)21(15-29)25(38)24-22(23-26(30)31-16-32-27(23)34(24)13-14-36-3)18-9-11-20(12-10-18)37-19-7-5-4-6-8-19/h4-12,16-17,21,25,38H,13-14H2,1-3H3,(H,33,35)(H2,30,31,32)/t21-,25?/m1/s1. The van der Waals surface area contributed by atoms with Crippen molar-refractivity contribution in [3.05, 3.63) is 66.6 Å². The van der Waals surface area contributed by atoms with E-state index in [4.69, 9.17) is 27.8 Å². The van der Waals surface area contributed by atoms with Gasteiger partial charge in [0.25, 0.3) is 0 Å². The molecule has 2 aromatic carbocycles. The number of nitrogens with one attached hydrogen (secondary N) is 1. The summed E-state index contributed by atoms with van der Waals surface area (Å²) in [5.41, 5.74) is 9.09. The molecule has 4 aromatic rings. The molecule has 0 radical (unpaired) electrons. The van der Waals surface area contributed by atoms with E-state index in [9.17, 15) is 10.1 Å². The molecule has 0 aliphatic heterocycles. The van der Waals surface area contributed by atoms with Gasteiger partial charge in [-0.15, -0.1) is 0 Å². The number of thiol groups is 1. The lowest BCUT2D eigenvalue weighted by Gasteiger charge is -2.22. The first-order chi connectivity index (χ1) is 18.3. The quantitative estimate of drug-likeness (QED) is 0.252. The van der Waals surface area contributed by atoms with Crippen molar-refractivity contribution in [2.75, 3.05) is 19.5 Å². The molecule has 3 N–H and O–H groups in total. The molecule has 0 bridgehead atoms. The summed E-state index contributed by atoms with van der Waals surface area (Å²) in [6, 6.07) is 19.0. The van der Waals surface area contributed by atoms with Crippen LogP contribution in [0.2, 0.25) is 0 Å². The van der Waals surface area contributed by atoms with Crippen molar-refractivity contribution in [3.63, 3.8) is 0 Å².